The molecule has 0 saturated heterocycles. The lowest BCUT2D eigenvalue weighted by molar-refractivity contribution is 0.745. The average Bonchev–Trinajstić information content (AvgIpc) is 2.62. The third-order valence-corrected chi connectivity index (χ3v) is 2.39. The minimum Gasteiger partial charge on any atom is -0.366 e. The van der Waals surface area contributed by atoms with E-state index in [1.54, 1.807) is 6.07 Å². The monoisotopic (exact) mass is 179 g/mol. The Bertz CT molecular complexity index is 307. The topological polar surface area (TPSA) is 57.8 Å². The molecule has 0 atom stereocenters. The highest BCUT2D eigenvalue weighted by molar-refractivity contribution is 5.33. The number of anilines is 1. The summed E-state index contributed by atoms with van der Waals surface area (Å²) in [7, 11) is 0. The van der Waals surface area contributed by atoms with E-state index in [0.717, 1.165) is 5.82 Å². The van der Waals surface area contributed by atoms with Crippen molar-refractivity contribution in [3.05, 3.63) is 22.5 Å². The zero-order chi connectivity index (χ0) is 9.10. The minimum atomic E-state index is -0.156. The third-order valence-electron chi connectivity index (χ3n) is 2.39. The number of H-pyrrole nitrogens is 1. The quantitative estimate of drug-likeness (QED) is 0.715. The van der Waals surface area contributed by atoms with Crippen molar-refractivity contribution in [2.45, 2.75) is 31.7 Å². The summed E-state index contributed by atoms with van der Waals surface area (Å²) in [5.41, 5.74) is -0.156. The molecule has 0 unspecified atom stereocenters. The second-order valence-corrected chi connectivity index (χ2v) is 3.43. The fraction of sp³-hybridized carbons (Fsp3) is 0.556. The minimum absolute atomic E-state index is 0.156. The van der Waals surface area contributed by atoms with Gasteiger partial charge >= 0.3 is 0 Å². The van der Waals surface area contributed by atoms with Crippen LogP contribution in [0.2, 0.25) is 0 Å². The molecule has 0 aliphatic heterocycles. The van der Waals surface area contributed by atoms with Gasteiger partial charge in [-0.2, -0.15) is 5.10 Å². The van der Waals surface area contributed by atoms with Crippen molar-refractivity contribution in [1.82, 2.24) is 10.2 Å². The van der Waals surface area contributed by atoms with Crippen LogP contribution in [0, 0.1) is 0 Å². The van der Waals surface area contributed by atoms with Crippen LogP contribution in [0.15, 0.2) is 16.9 Å². The van der Waals surface area contributed by atoms with Gasteiger partial charge in [0.05, 0.1) is 0 Å². The maximum Gasteiger partial charge on any atom is 0.264 e. The molecule has 1 aromatic heterocycles. The van der Waals surface area contributed by atoms with Gasteiger partial charge in [0, 0.05) is 12.1 Å². The van der Waals surface area contributed by atoms with Gasteiger partial charge in [0.2, 0.25) is 0 Å². The Kier molecular flexibility index (Phi) is 2.29. The number of nitrogens with zero attached hydrogens (tertiary/aromatic N) is 1. The first-order valence-electron chi connectivity index (χ1n) is 4.67. The van der Waals surface area contributed by atoms with Crippen molar-refractivity contribution in [2.24, 2.45) is 0 Å². The molecule has 2 N–H and O–H groups in total. The van der Waals surface area contributed by atoms with Crippen molar-refractivity contribution >= 4 is 5.82 Å². The lowest BCUT2D eigenvalue weighted by Crippen LogP contribution is -2.17. The van der Waals surface area contributed by atoms with E-state index in [0.29, 0.717) is 6.04 Å². The number of aromatic nitrogens is 2. The van der Waals surface area contributed by atoms with Crippen LogP contribution >= 0.6 is 0 Å². The number of aromatic amines is 1. The van der Waals surface area contributed by atoms with E-state index in [2.05, 4.69) is 15.5 Å². The molecule has 1 aromatic rings. The first kappa shape index (κ1) is 8.29. The van der Waals surface area contributed by atoms with Crippen molar-refractivity contribution in [2.75, 3.05) is 5.32 Å². The van der Waals surface area contributed by atoms with Crippen LogP contribution in [-0.4, -0.2) is 16.2 Å². The van der Waals surface area contributed by atoms with Crippen LogP contribution in [0.1, 0.15) is 25.7 Å². The van der Waals surface area contributed by atoms with E-state index in [4.69, 9.17) is 0 Å². The van der Waals surface area contributed by atoms with E-state index in [9.17, 15) is 4.79 Å². The molecule has 1 fully saturated rings. The number of nitrogens with one attached hydrogen (secondary N) is 2. The molecular weight excluding hydrogens is 166 g/mol. The van der Waals surface area contributed by atoms with Crippen molar-refractivity contribution in [1.29, 1.82) is 0 Å². The molecule has 1 aliphatic carbocycles. The first-order valence-corrected chi connectivity index (χ1v) is 4.67. The van der Waals surface area contributed by atoms with E-state index in [1.807, 2.05) is 0 Å². The zero-order valence-corrected chi connectivity index (χ0v) is 7.42. The Balaban J connectivity index is 2.00. The molecule has 13 heavy (non-hydrogen) atoms. The Morgan fingerprint density at radius 3 is 2.77 bits per heavy atom. The van der Waals surface area contributed by atoms with Gasteiger partial charge in [0.25, 0.3) is 5.56 Å². The standard InChI is InChI=1S/C9H13N3O/c13-9-6-5-8(11-12-9)10-7-3-1-2-4-7/h5-7H,1-4H2,(H,10,11)(H,12,13). The zero-order valence-electron chi connectivity index (χ0n) is 7.42. The maximum absolute atomic E-state index is 10.7. The Morgan fingerprint density at radius 1 is 1.38 bits per heavy atom. The van der Waals surface area contributed by atoms with E-state index >= 15 is 0 Å². The van der Waals surface area contributed by atoms with Gasteiger partial charge in [-0.25, -0.2) is 5.10 Å². The van der Waals surface area contributed by atoms with Gasteiger partial charge in [0.15, 0.2) is 0 Å². The lowest BCUT2D eigenvalue weighted by Gasteiger charge is -2.10. The summed E-state index contributed by atoms with van der Waals surface area (Å²) in [4.78, 5) is 10.7. The van der Waals surface area contributed by atoms with Gasteiger partial charge in [-0.3, -0.25) is 4.79 Å². The molecular formula is C9H13N3O. The highest BCUT2D eigenvalue weighted by Gasteiger charge is 2.14. The maximum atomic E-state index is 10.7. The van der Waals surface area contributed by atoms with Crippen molar-refractivity contribution < 1.29 is 0 Å². The van der Waals surface area contributed by atoms with Gasteiger partial charge in [-0.1, -0.05) is 12.8 Å². The van der Waals surface area contributed by atoms with E-state index in [-0.39, 0.29) is 5.56 Å². The summed E-state index contributed by atoms with van der Waals surface area (Å²) < 4.78 is 0. The summed E-state index contributed by atoms with van der Waals surface area (Å²) in [6.45, 7) is 0. The molecule has 4 heteroatoms. The molecule has 0 radical (unpaired) electrons. The van der Waals surface area contributed by atoms with Crippen LogP contribution < -0.4 is 10.9 Å². The lowest BCUT2D eigenvalue weighted by atomic mass is 10.2. The van der Waals surface area contributed by atoms with Gasteiger partial charge in [0.1, 0.15) is 5.82 Å². The van der Waals surface area contributed by atoms with Crippen LogP contribution in [-0.2, 0) is 0 Å². The van der Waals surface area contributed by atoms with E-state index in [1.165, 1.54) is 31.7 Å². The fourth-order valence-corrected chi connectivity index (χ4v) is 1.70. The van der Waals surface area contributed by atoms with Gasteiger partial charge < -0.3 is 5.32 Å². The summed E-state index contributed by atoms with van der Waals surface area (Å²) in [6, 6.07) is 3.75. The second-order valence-electron chi connectivity index (χ2n) is 3.43. The highest BCUT2D eigenvalue weighted by Crippen LogP contribution is 2.20. The SMILES string of the molecule is O=c1ccc(NC2CCCC2)n[nH]1. The summed E-state index contributed by atoms with van der Waals surface area (Å²) in [5, 5.41) is 9.59. The molecule has 0 spiro atoms. The molecule has 1 aliphatic rings. The normalized spacial score (nSPS) is 17.5. The Hall–Kier alpha value is -1.32. The summed E-state index contributed by atoms with van der Waals surface area (Å²) in [5.74, 6) is 0.770. The van der Waals surface area contributed by atoms with Gasteiger partial charge in [-0.05, 0) is 18.9 Å². The molecule has 1 heterocycles. The highest BCUT2D eigenvalue weighted by atomic mass is 16.1. The average molecular weight is 179 g/mol. The Morgan fingerprint density at radius 2 is 2.15 bits per heavy atom. The molecule has 0 bridgehead atoms. The number of hydrogen-bond donors (Lipinski definition) is 2. The largest absolute Gasteiger partial charge is 0.366 e. The molecule has 2 rings (SSSR count). The molecule has 0 amide bonds. The van der Waals surface area contributed by atoms with Crippen LogP contribution in [0.25, 0.3) is 0 Å². The number of rotatable bonds is 2. The van der Waals surface area contributed by atoms with Crippen molar-refractivity contribution in [3.8, 4) is 0 Å². The van der Waals surface area contributed by atoms with Crippen LogP contribution in [0.3, 0.4) is 0 Å². The Labute approximate surface area is 76.4 Å². The number of hydrogen-bond acceptors (Lipinski definition) is 3. The summed E-state index contributed by atoms with van der Waals surface area (Å²) >= 11 is 0. The third kappa shape index (κ3) is 2.08. The first-order chi connectivity index (χ1) is 6.34. The van der Waals surface area contributed by atoms with E-state index < -0.39 is 0 Å². The summed E-state index contributed by atoms with van der Waals surface area (Å²) in [6.07, 6.45) is 5.00. The second kappa shape index (κ2) is 3.60. The molecule has 4 nitrogen and oxygen atoms in total. The van der Waals surface area contributed by atoms with Crippen molar-refractivity contribution in [3.63, 3.8) is 0 Å². The van der Waals surface area contributed by atoms with Gasteiger partial charge in [-0.15, -0.1) is 0 Å². The smallest absolute Gasteiger partial charge is 0.264 e. The molecule has 1 saturated carbocycles. The van der Waals surface area contributed by atoms with Crippen LogP contribution in [0.5, 0.6) is 0 Å². The molecule has 70 valence electrons. The predicted molar refractivity (Wildman–Crippen MR) is 50.7 cm³/mol. The fourth-order valence-electron chi connectivity index (χ4n) is 1.70. The predicted octanol–water partition coefficient (Wildman–Crippen LogP) is 1.12. The molecule has 0 aromatic carbocycles. The van der Waals surface area contributed by atoms with Crippen LogP contribution in [0.4, 0.5) is 5.82 Å².